The number of aliphatic hydroxyl groups excluding tert-OH is 3. The maximum absolute atomic E-state index is 10.8. The van der Waals surface area contributed by atoms with Crippen molar-refractivity contribution in [1.82, 2.24) is 25.0 Å². The fourth-order valence-corrected chi connectivity index (χ4v) is 2.24. The van der Waals surface area contributed by atoms with Crippen molar-refractivity contribution >= 4 is 23.0 Å². The Morgan fingerprint density at radius 3 is 2.77 bits per heavy atom. The van der Waals surface area contributed by atoms with Gasteiger partial charge in [-0.2, -0.15) is 4.68 Å². The minimum atomic E-state index is -2.01. The van der Waals surface area contributed by atoms with Crippen LogP contribution in [0.2, 0.25) is 0 Å². The molecule has 12 heteroatoms. The molecule has 0 saturated carbocycles. The van der Waals surface area contributed by atoms with Crippen molar-refractivity contribution in [3.8, 4) is 0 Å². The number of carboxylic acids is 1. The van der Waals surface area contributed by atoms with Crippen molar-refractivity contribution in [2.45, 2.75) is 30.6 Å². The maximum atomic E-state index is 10.8. The number of nitrogens with zero attached hydrogens (tertiary/aromatic N) is 5. The minimum Gasteiger partial charge on any atom is -0.479 e. The summed E-state index contributed by atoms with van der Waals surface area (Å²) in [7, 11) is 0. The van der Waals surface area contributed by atoms with Crippen LogP contribution in [0, 0.1) is 0 Å². The average Bonchev–Trinajstić information content (AvgIpc) is 3.02. The Morgan fingerprint density at radius 2 is 2.09 bits per heavy atom. The second-order valence-electron chi connectivity index (χ2n) is 4.72. The van der Waals surface area contributed by atoms with Gasteiger partial charge in [0.05, 0.1) is 0 Å². The van der Waals surface area contributed by atoms with Crippen molar-refractivity contribution in [1.29, 1.82) is 0 Å². The van der Waals surface area contributed by atoms with Crippen LogP contribution in [0.25, 0.3) is 11.2 Å². The lowest BCUT2D eigenvalue weighted by molar-refractivity contribution is -0.160. The number of carbonyl (C=O) groups is 1. The molecular formula is C10H12N6O6. The highest BCUT2D eigenvalue weighted by molar-refractivity contribution is 5.80. The molecule has 1 saturated heterocycles. The first-order valence-electron chi connectivity index (χ1n) is 6.15. The Balaban J connectivity index is 1.98. The number of aliphatic hydroxyl groups is 3. The highest BCUT2D eigenvalue weighted by atomic mass is 16.6. The van der Waals surface area contributed by atoms with Crippen LogP contribution in [0.15, 0.2) is 6.33 Å². The topological polar surface area (TPSA) is 190 Å². The number of rotatable bonds is 3. The smallest absolute Gasteiger partial charge is 0.335 e. The van der Waals surface area contributed by atoms with E-state index < -0.39 is 36.6 Å². The van der Waals surface area contributed by atoms with Gasteiger partial charge in [-0.15, -0.1) is 5.10 Å². The first-order chi connectivity index (χ1) is 10.4. The Hall–Kier alpha value is -2.41. The SMILES string of the molecule is Nc1ncnc2c1nnn2[C@@H]1O[C@H](C(O)C(=O)O)C(O)C1O. The van der Waals surface area contributed by atoms with Gasteiger partial charge >= 0.3 is 5.97 Å². The van der Waals surface area contributed by atoms with Gasteiger partial charge in [-0.3, -0.25) is 0 Å². The molecule has 6 N–H and O–H groups in total. The van der Waals surface area contributed by atoms with E-state index >= 15 is 0 Å². The molecule has 2 aromatic heterocycles. The predicted octanol–water partition coefficient (Wildman–Crippen LogP) is -3.13. The standard InChI is InChI=1S/C10H12N6O6/c11-7-2-8(13-1-12-7)16(15-14-2)9-4(18)3(17)6(22-9)5(19)10(20)21/h1,3-6,9,17-19H,(H,20,21)(H2,11,12,13)/t3?,4?,5?,6-,9+/m0/s1. The third kappa shape index (κ3) is 2.05. The molecule has 12 nitrogen and oxygen atoms in total. The van der Waals surface area contributed by atoms with Crippen LogP contribution < -0.4 is 5.73 Å². The first kappa shape index (κ1) is 14.5. The number of ether oxygens (including phenoxy) is 1. The fourth-order valence-electron chi connectivity index (χ4n) is 2.24. The number of anilines is 1. The van der Waals surface area contributed by atoms with Crippen LogP contribution in [-0.4, -0.2) is 75.8 Å². The fraction of sp³-hybridized carbons (Fsp3) is 0.500. The molecule has 0 bridgehead atoms. The van der Waals surface area contributed by atoms with Crippen molar-refractivity contribution in [2.75, 3.05) is 5.73 Å². The van der Waals surface area contributed by atoms with E-state index in [1.165, 1.54) is 0 Å². The Kier molecular flexibility index (Phi) is 3.37. The summed E-state index contributed by atoms with van der Waals surface area (Å²) in [6.45, 7) is 0. The molecule has 3 unspecified atom stereocenters. The van der Waals surface area contributed by atoms with Crippen LogP contribution >= 0.6 is 0 Å². The minimum absolute atomic E-state index is 0.0615. The van der Waals surface area contributed by atoms with Gasteiger partial charge in [-0.05, 0) is 0 Å². The van der Waals surface area contributed by atoms with E-state index in [9.17, 15) is 20.1 Å². The normalized spacial score (nSPS) is 29.8. The zero-order valence-electron chi connectivity index (χ0n) is 10.9. The molecule has 1 fully saturated rings. The number of hydrogen-bond donors (Lipinski definition) is 5. The Labute approximate surface area is 121 Å². The van der Waals surface area contributed by atoms with E-state index in [1.807, 2.05) is 0 Å². The summed E-state index contributed by atoms with van der Waals surface area (Å²) < 4.78 is 6.27. The van der Waals surface area contributed by atoms with Gasteiger partial charge in [0.25, 0.3) is 0 Å². The lowest BCUT2D eigenvalue weighted by Gasteiger charge is -2.16. The van der Waals surface area contributed by atoms with Gasteiger partial charge in [-0.25, -0.2) is 14.8 Å². The number of nitrogens with two attached hydrogens (primary N) is 1. The van der Waals surface area contributed by atoms with Crippen LogP contribution in [-0.2, 0) is 9.53 Å². The van der Waals surface area contributed by atoms with Crippen LogP contribution in [0.4, 0.5) is 5.82 Å². The van der Waals surface area contributed by atoms with Gasteiger partial charge in [0.2, 0.25) is 0 Å². The molecule has 0 aliphatic carbocycles. The molecule has 0 spiro atoms. The molecule has 3 rings (SSSR count). The molecule has 118 valence electrons. The highest BCUT2D eigenvalue weighted by Crippen LogP contribution is 2.32. The summed E-state index contributed by atoms with van der Waals surface area (Å²) in [4.78, 5) is 18.4. The largest absolute Gasteiger partial charge is 0.479 e. The Morgan fingerprint density at radius 1 is 1.36 bits per heavy atom. The summed E-state index contributed by atoms with van der Waals surface area (Å²) in [5.74, 6) is -1.53. The number of aromatic nitrogens is 5. The van der Waals surface area contributed by atoms with E-state index in [2.05, 4.69) is 20.3 Å². The zero-order valence-corrected chi connectivity index (χ0v) is 10.9. The van der Waals surface area contributed by atoms with Crippen LogP contribution in [0.1, 0.15) is 6.23 Å². The van der Waals surface area contributed by atoms with Crippen LogP contribution in [0.5, 0.6) is 0 Å². The van der Waals surface area contributed by atoms with Gasteiger partial charge < -0.3 is 30.9 Å². The molecule has 1 aliphatic rings. The maximum Gasteiger partial charge on any atom is 0.335 e. The predicted molar refractivity (Wildman–Crippen MR) is 67.1 cm³/mol. The van der Waals surface area contributed by atoms with Gasteiger partial charge in [0.15, 0.2) is 29.3 Å². The van der Waals surface area contributed by atoms with E-state index in [1.54, 1.807) is 0 Å². The number of hydrogen-bond acceptors (Lipinski definition) is 10. The molecule has 0 aromatic carbocycles. The summed E-state index contributed by atoms with van der Waals surface area (Å²) in [5, 5.41) is 45.6. The number of aliphatic carboxylic acids is 1. The molecule has 0 amide bonds. The second-order valence-corrected chi connectivity index (χ2v) is 4.72. The quantitative estimate of drug-likeness (QED) is 0.385. The summed E-state index contributed by atoms with van der Waals surface area (Å²) >= 11 is 0. The van der Waals surface area contributed by atoms with Crippen molar-refractivity contribution < 1.29 is 30.0 Å². The third-order valence-electron chi connectivity index (χ3n) is 3.37. The monoisotopic (exact) mass is 312 g/mol. The van der Waals surface area contributed by atoms with Gasteiger partial charge in [-0.1, -0.05) is 5.21 Å². The zero-order chi connectivity index (χ0) is 16.0. The third-order valence-corrected chi connectivity index (χ3v) is 3.37. The van der Waals surface area contributed by atoms with Gasteiger partial charge in [0, 0.05) is 0 Å². The Bertz CT molecular complexity index is 721. The first-order valence-corrected chi connectivity index (χ1v) is 6.15. The summed E-state index contributed by atoms with van der Waals surface area (Å²) in [6.07, 6.45) is -6.85. The molecule has 0 radical (unpaired) electrons. The van der Waals surface area contributed by atoms with E-state index in [0.717, 1.165) is 11.0 Å². The number of carboxylic acid groups (broad SMARTS) is 1. The van der Waals surface area contributed by atoms with E-state index in [-0.39, 0.29) is 17.0 Å². The lowest BCUT2D eigenvalue weighted by atomic mass is 10.1. The van der Waals surface area contributed by atoms with Crippen molar-refractivity contribution in [3.05, 3.63) is 6.33 Å². The summed E-state index contributed by atoms with van der Waals surface area (Å²) in [6, 6.07) is 0. The lowest BCUT2D eigenvalue weighted by Crippen LogP contribution is -2.42. The molecule has 5 atom stereocenters. The molecule has 3 heterocycles. The summed E-state index contributed by atoms with van der Waals surface area (Å²) in [5.41, 5.74) is 5.90. The number of fused-ring (bicyclic) bond motifs is 1. The molecular weight excluding hydrogens is 300 g/mol. The van der Waals surface area contributed by atoms with E-state index in [4.69, 9.17) is 15.6 Å². The van der Waals surface area contributed by atoms with Gasteiger partial charge in [0.1, 0.15) is 24.6 Å². The van der Waals surface area contributed by atoms with E-state index in [0.29, 0.717) is 0 Å². The van der Waals surface area contributed by atoms with Crippen molar-refractivity contribution in [3.63, 3.8) is 0 Å². The van der Waals surface area contributed by atoms with Crippen LogP contribution in [0.3, 0.4) is 0 Å². The van der Waals surface area contributed by atoms with Crippen molar-refractivity contribution in [2.24, 2.45) is 0 Å². The molecule has 1 aliphatic heterocycles. The highest BCUT2D eigenvalue weighted by Gasteiger charge is 2.49. The average molecular weight is 312 g/mol. The molecule has 2 aromatic rings. The second kappa shape index (κ2) is 5.10. The number of nitrogen functional groups attached to an aromatic ring is 1. The molecule has 22 heavy (non-hydrogen) atoms.